The van der Waals surface area contributed by atoms with Crippen molar-refractivity contribution in [3.8, 4) is 5.75 Å². The molecule has 0 radical (unpaired) electrons. The second-order valence-corrected chi connectivity index (χ2v) is 9.33. The number of esters is 1. The lowest BCUT2D eigenvalue weighted by Gasteiger charge is -2.20. The van der Waals surface area contributed by atoms with Crippen LogP contribution in [-0.4, -0.2) is 36.8 Å². The average molecular weight is 563 g/mol. The van der Waals surface area contributed by atoms with E-state index in [9.17, 15) is 9.59 Å². The van der Waals surface area contributed by atoms with Crippen molar-refractivity contribution in [1.82, 2.24) is 5.01 Å². The molecule has 1 aliphatic rings. The summed E-state index contributed by atoms with van der Waals surface area (Å²) in [5.41, 5.74) is 4.60. The van der Waals surface area contributed by atoms with Gasteiger partial charge in [-0.1, -0.05) is 52.3 Å². The topological polar surface area (TPSA) is 77.4 Å². The molecule has 7 nitrogen and oxygen atoms in total. The number of hydrogen-bond donors (Lipinski definition) is 0. The van der Waals surface area contributed by atoms with E-state index >= 15 is 0 Å². The van der Waals surface area contributed by atoms with Crippen LogP contribution in [0.25, 0.3) is 5.57 Å². The van der Waals surface area contributed by atoms with E-state index in [0.29, 0.717) is 23.3 Å². The molecule has 1 atom stereocenters. The fourth-order valence-corrected chi connectivity index (χ4v) is 4.45. The molecule has 0 aliphatic carbocycles. The Morgan fingerprint density at radius 3 is 2.38 bits per heavy atom. The van der Waals surface area contributed by atoms with Crippen LogP contribution in [-0.2, 0) is 25.7 Å². The molecule has 37 heavy (non-hydrogen) atoms. The highest BCUT2D eigenvalue weighted by atomic mass is 79.9. The predicted octanol–water partition coefficient (Wildman–Crippen LogP) is 5.89. The second-order valence-electron chi connectivity index (χ2n) is 8.41. The first-order valence-corrected chi connectivity index (χ1v) is 12.5. The Hall–Kier alpha value is -3.91. The van der Waals surface area contributed by atoms with E-state index in [1.807, 2.05) is 72.8 Å². The zero-order valence-electron chi connectivity index (χ0n) is 20.8. The van der Waals surface area contributed by atoms with Crippen molar-refractivity contribution >= 4 is 39.1 Å². The molecular formula is C29H27BrN2O5. The predicted molar refractivity (Wildman–Crippen MR) is 145 cm³/mol. The summed E-state index contributed by atoms with van der Waals surface area (Å²) in [7, 11) is 2.81. The van der Waals surface area contributed by atoms with E-state index < -0.39 is 5.97 Å². The molecular weight excluding hydrogens is 536 g/mol. The molecule has 0 fully saturated rings. The van der Waals surface area contributed by atoms with E-state index in [1.165, 1.54) is 27.4 Å². The van der Waals surface area contributed by atoms with Gasteiger partial charge in [0, 0.05) is 17.8 Å². The van der Waals surface area contributed by atoms with E-state index in [-0.39, 0.29) is 18.6 Å². The van der Waals surface area contributed by atoms with Crippen LogP contribution in [0.1, 0.15) is 41.6 Å². The summed E-state index contributed by atoms with van der Waals surface area (Å²) in [6.45, 7) is 1.78. The Balaban J connectivity index is 1.48. The first kappa shape index (κ1) is 26.2. The maximum atomic E-state index is 12.3. The van der Waals surface area contributed by atoms with Gasteiger partial charge in [-0.3, -0.25) is 4.79 Å². The molecule has 8 heteroatoms. The smallest absolute Gasteiger partial charge is 0.341 e. The van der Waals surface area contributed by atoms with E-state index in [4.69, 9.17) is 14.2 Å². The number of hydrogen-bond acceptors (Lipinski definition) is 6. The Morgan fingerprint density at radius 1 is 1.03 bits per heavy atom. The average Bonchev–Trinajstić information content (AvgIpc) is 3.37. The number of benzene rings is 3. The van der Waals surface area contributed by atoms with Crippen LogP contribution in [0.3, 0.4) is 0 Å². The summed E-state index contributed by atoms with van der Waals surface area (Å²) in [4.78, 5) is 24.5. The summed E-state index contributed by atoms with van der Waals surface area (Å²) < 4.78 is 17.0. The maximum absolute atomic E-state index is 12.3. The molecule has 1 aliphatic heterocycles. The molecule has 0 saturated heterocycles. The summed E-state index contributed by atoms with van der Waals surface area (Å²) in [5.74, 6) is 0.0767. The minimum Gasteiger partial charge on any atom is -0.503 e. The quantitative estimate of drug-likeness (QED) is 0.194. The number of nitrogens with zero attached hydrogens (tertiary/aromatic N) is 2. The minimum absolute atomic E-state index is 0.101. The molecule has 1 unspecified atom stereocenters. The highest BCUT2D eigenvalue weighted by Gasteiger charge is 2.31. The lowest BCUT2D eigenvalue weighted by atomic mass is 9.98. The lowest BCUT2D eigenvalue weighted by molar-refractivity contribution is -0.134. The number of rotatable bonds is 8. The lowest BCUT2D eigenvalue weighted by Crippen LogP contribution is -2.24. The summed E-state index contributed by atoms with van der Waals surface area (Å²) in [5, 5.41) is 6.17. The van der Waals surface area contributed by atoms with Gasteiger partial charge in [0.05, 0.1) is 32.2 Å². The summed E-state index contributed by atoms with van der Waals surface area (Å²) in [6.07, 6.45) is 1.99. The van der Waals surface area contributed by atoms with Crippen molar-refractivity contribution in [2.45, 2.75) is 26.0 Å². The molecule has 0 saturated carbocycles. The fourth-order valence-electron chi connectivity index (χ4n) is 4.18. The second kappa shape index (κ2) is 11.9. The minimum atomic E-state index is -0.489. The summed E-state index contributed by atoms with van der Waals surface area (Å²) >= 11 is 3.46. The van der Waals surface area contributed by atoms with Gasteiger partial charge in [0.2, 0.25) is 5.91 Å². The number of hydrazone groups is 1. The zero-order valence-corrected chi connectivity index (χ0v) is 22.4. The van der Waals surface area contributed by atoms with Gasteiger partial charge < -0.3 is 14.2 Å². The molecule has 3 aromatic carbocycles. The van der Waals surface area contributed by atoms with Crippen molar-refractivity contribution in [1.29, 1.82) is 0 Å². The SMILES string of the molecule is CO/C=C(/C(=O)OC)c1ccccc1COc1ccc(C2=NN(C(C)=O)C(c3ccc(Br)cc3)C2)cc1. The number of carbonyl (C=O) groups is 2. The number of methoxy groups -OCH3 is 2. The third kappa shape index (κ3) is 6.09. The van der Waals surface area contributed by atoms with Crippen molar-refractivity contribution in [2.75, 3.05) is 14.2 Å². The van der Waals surface area contributed by atoms with Crippen LogP contribution in [0.4, 0.5) is 0 Å². The van der Waals surface area contributed by atoms with Gasteiger partial charge in [-0.05, 0) is 58.7 Å². The molecule has 4 rings (SSSR count). The van der Waals surface area contributed by atoms with Gasteiger partial charge in [-0.2, -0.15) is 5.10 Å². The summed E-state index contributed by atoms with van der Waals surface area (Å²) in [6, 6.07) is 22.9. The molecule has 0 N–H and O–H groups in total. The third-order valence-electron chi connectivity index (χ3n) is 6.02. The number of ether oxygens (including phenoxy) is 3. The zero-order chi connectivity index (χ0) is 26.4. The normalized spacial score (nSPS) is 15.2. The third-order valence-corrected chi connectivity index (χ3v) is 6.55. The maximum Gasteiger partial charge on any atom is 0.341 e. The monoisotopic (exact) mass is 562 g/mol. The standard InChI is InChI=1S/C29H27BrN2O5/c1-19(33)32-28(21-8-12-23(30)13-9-21)16-27(31-32)20-10-14-24(15-11-20)37-17-22-6-4-5-7-25(22)26(18-35-2)29(34)36-3/h4-15,18,28H,16-17H2,1-3H3/b26-18+. The van der Waals surface area contributed by atoms with Crippen LogP contribution < -0.4 is 4.74 Å². The van der Waals surface area contributed by atoms with Crippen molar-refractivity contribution in [3.63, 3.8) is 0 Å². The highest BCUT2D eigenvalue weighted by molar-refractivity contribution is 9.10. The van der Waals surface area contributed by atoms with Gasteiger partial charge in [0.1, 0.15) is 17.9 Å². The van der Waals surface area contributed by atoms with Crippen LogP contribution >= 0.6 is 15.9 Å². The van der Waals surface area contributed by atoms with Crippen LogP contribution in [0.5, 0.6) is 5.75 Å². The van der Waals surface area contributed by atoms with Crippen LogP contribution in [0.15, 0.2) is 88.6 Å². The molecule has 0 spiro atoms. The first-order valence-electron chi connectivity index (χ1n) is 11.7. The van der Waals surface area contributed by atoms with Crippen molar-refractivity contribution < 1.29 is 23.8 Å². The molecule has 0 aromatic heterocycles. The molecule has 3 aromatic rings. The number of amides is 1. The van der Waals surface area contributed by atoms with Crippen LogP contribution in [0, 0.1) is 0 Å². The van der Waals surface area contributed by atoms with Gasteiger partial charge >= 0.3 is 5.97 Å². The Kier molecular flexibility index (Phi) is 8.40. The van der Waals surface area contributed by atoms with Gasteiger partial charge in [-0.15, -0.1) is 0 Å². The number of carbonyl (C=O) groups excluding carboxylic acids is 2. The Labute approximate surface area is 224 Å². The first-order chi connectivity index (χ1) is 17.9. The Morgan fingerprint density at radius 2 is 1.73 bits per heavy atom. The van der Waals surface area contributed by atoms with E-state index in [2.05, 4.69) is 21.0 Å². The highest BCUT2D eigenvalue weighted by Crippen LogP contribution is 2.33. The van der Waals surface area contributed by atoms with Gasteiger partial charge in [-0.25, -0.2) is 9.80 Å². The van der Waals surface area contributed by atoms with E-state index in [1.54, 1.807) is 5.01 Å². The van der Waals surface area contributed by atoms with Crippen molar-refractivity contribution in [2.24, 2.45) is 5.10 Å². The largest absolute Gasteiger partial charge is 0.503 e. The van der Waals surface area contributed by atoms with Crippen LogP contribution in [0.2, 0.25) is 0 Å². The molecule has 0 bridgehead atoms. The molecule has 1 heterocycles. The number of halogens is 1. The Bertz CT molecular complexity index is 1330. The van der Waals surface area contributed by atoms with Gasteiger partial charge in [0.25, 0.3) is 0 Å². The fraction of sp³-hybridized carbons (Fsp3) is 0.207. The van der Waals surface area contributed by atoms with Gasteiger partial charge in [0.15, 0.2) is 0 Å². The van der Waals surface area contributed by atoms with Crippen molar-refractivity contribution in [3.05, 3.63) is 106 Å². The molecule has 1 amide bonds. The van der Waals surface area contributed by atoms with E-state index in [0.717, 1.165) is 26.9 Å². The molecule has 190 valence electrons.